The van der Waals surface area contributed by atoms with Crippen molar-refractivity contribution in [1.29, 1.82) is 0 Å². The summed E-state index contributed by atoms with van der Waals surface area (Å²) in [6, 6.07) is 3.93. The molecule has 4 nitrogen and oxygen atoms in total. The number of ether oxygens (including phenoxy) is 1. The number of hydrogen-bond acceptors (Lipinski definition) is 4. The van der Waals surface area contributed by atoms with Gasteiger partial charge in [0.25, 0.3) is 0 Å². The van der Waals surface area contributed by atoms with Crippen LogP contribution in [0.2, 0.25) is 0 Å². The maximum Gasteiger partial charge on any atom is 0.213 e. The fraction of sp³-hybridized carbons (Fsp3) is 0.444. The molecule has 1 fully saturated rings. The van der Waals surface area contributed by atoms with E-state index in [0.29, 0.717) is 11.9 Å². The zero-order valence-electron chi connectivity index (χ0n) is 7.52. The van der Waals surface area contributed by atoms with Crippen LogP contribution in [0.15, 0.2) is 18.3 Å². The van der Waals surface area contributed by atoms with Crippen LogP contribution in [-0.4, -0.2) is 17.1 Å². The largest absolute Gasteiger partial charge is 0.474 e. The molecule has 0 bridgehead atoms. The Bertz CT molecular complexity index is 298. The highest BCUT2D eigenvalue weighted by Crippen LogP contribution is 2.24. The minimum atomic E-state index is 0.240. The molecule has 1 aliphatic carbocycles. The molecule has 0 amide bonds. The maximum atomic E-state index is 5.65. The number of pyridine rings is 1. The standard InChI is InChI=1S/C9H11IN2O2/c10-14-7-1-2-9(12-5-7)13-8-3-6(11)4-8/h1-2,5-6,8H,3-4,11H2/t6-,8+. The van der Waals surface area contributed by atoms with Gasteiger partial charge in [0.1, 0.15) is 6.10 Å². The number of nitrogens with zero attached hydrogens (tertiary/aromatic N) is 1. The predicted molar refractivity (Wildman–Crippen MR) is 60.5 cm³/mol. The first-order chi connectivity index (χ1) is 6.78. The molecule has 14 heavy (non-hydrogen) atoms. The molecule has 0 unspecified atom stereocenters. The Morgan fingerprint density at radius 2 is 2.21 bits per heavy atom. The van der Waals surface area contributed by atoms with Gasteiger partial charge < -0.3 is 13.5 Å². The second kappa shape index (κ2) is 4.31. The summed E-state index contributed by atoms with van der Waals surface area (Å²) >= 11 is 1.81. The molecule has 1 aromatic rings. The molecule has 0 spiro atoms. The highest BCUT2D eigenvalue weighted by Gasteiger charge is 2.27. The zero-order chi connectivity index (χ0) is 9.97. The van der Waals surface area contributed by atoms with Crippen molar-refractivity contribution in [2.24, 2.45) is 5.73 Å². The maximum absolute atomic E-state index is 5.65. The second-order valence-electron chi connectivity index (χ2n) is 3.38. The van der Waals surface area contributed by atoms with E-state index in [1.54, 1.807) is 12.3 Å². The van der Waals surface area contributed by atoms with Crippen molar-refractivity contribution >= 4 is 23.0 Å². The smallest absolute Gasteiger partial charge is 0.213 e. The Labute approximate surface area is 96.5 Å². The summed E-state index contributed by atoms with van der Waals surface area (Å²) in [5.41, 5.74) is 5.65. The first-order valence-corrected chi connectivity index (χ1v) is 5.33. The molecule has 1 aliphatic rings. The number of hydrogen-bond donors (Lipinski definition) is 1. The van der Waals surface area contributed by atoms with Crippen LogP contribution in [0.4, 0.5) is 0 Å². The van der Waals surface area contributed by atoms with Gasteiger partial charge in [-0.1, -0.05) is 0 Å². The first kappa shape index (κ1) is 9.97. The molecule has 0 aliphatic heterocycles. The molecule has 0 aromatic carbocycles. The molecule has 1 aromatic heterocycles. The van der Waals surface area contributed by atoms with Crippen molar-refractivity contribution in [3.63, 3.8) is 0 Å². The topological polar surface area (TPSA) is 57.4 Å². The monoisotopic (exact) mass is 306 g/mol. The molecule has 2 N–H and O–H groups in total. The molecule has 0 radical (unpaired) electrons. The molecule has 1 heterocycles. The summed E-state index contributed by atoms with van der Waals surface area (Å²) < 4.78 is 10.5. The molecule has 1 saturated carbocycles. The Hall–Kier alpha value is -0.560. The van der Waals surface area contributed by atoms with Crippen LogP contribution in [-0.2, 0) is 0 Å². The van der Waals surface area contributed by atoms with Gasteiger partial charge >= 0.3 is 0 Å². The van der Waals surface area contributed by atoms with Crippen molar-refractivity contribution in [3.8, 4) is 11.6 Å². The number of rotatable bonds is 3. The molecule has 5 heteroatoms. The van der Waals surface area contributed by atoms with Gasteiger partial charge in [-0.2, -0.15) is 0 Å². The van der Waals surface area contributed by atoms with Gasteiger partial charge in [0.15, 0.2) is 28.8 Å². The van der Waals surface area contributed by atoms with Crippen molar-refractivity contribution < 1.29 is 7.80 Å². The van der Waals surface area contributed by atoms with Gasteiger partial charge in [0, 0.05) is 12.1 Å². The molecular formula is C9H11IN2O2. The summed E-state index contributed by atoms with van der Waals surface area (Å²) in [4.78, 5) is 4.10. The summed E-state index contributed by atoms with van der Waals surface area (Å²) in [5, 5.41) is 0. The van der Waals surface area contributed by atoms with Crippen LogP contribution in [0.25, 0.3) is 0 Å². The third-order valence-corrected chi connectivity index (χ3v) is 2.73. The van der Waals surface area contributed by atoms with Crippen molar-refractivity contribution in [2.75, 3.05) is 0 Å². The number of nitrogens with two attached hydrogens (primary N) is 1. The van der Waals surface area contributed by atoms with Crippen LogP contribution in [0.1, 0.15) is 12.8 Å². The van der Waals surface area contributed by atoms with E-state index in [-0.39, 0.29) is 6.10 Å². The SMILES string of the molecule is N[C@H]1C[C@@H](Oc2ccc(OI)cn2)C1. The van der Waals surface area contributed by atoms with E-state index in [4.69, 9.17) is 13.5 Å². The molecule has 0 atom stereocenters. The van der Waals surface area contributed by atoms with E-state index in [2.05, 4.69) is 4.98 Å². The van der Waals surface area contributed by atoms with Crippen LogP contribution < -0.4 is 13.5 Å². The molecule has 2 rings (SSSR count). The van der Waals surface area contributed by atoms with Crippen LogP contribution >= 0.6 is 23.0 Å². The Balaban J connectivity index is 1.90. The Kier molecular flexibility index (Phi) is 3.07. The third-order valence-electron chi connectivity index (χ3n) is 2.22. The van der Waals surface area contributed by atoms with Gasteiger partial charge in [0.05, 0.1) is 6.20 Å². The summed E-state index contributed by atoms with van der Waals surface area (Å²) in [5.74, 6) is 1.36. The normalized spacial score (nSPS) is 25.3. The fourth-order valence-electron chi connectivity index (χ4n) is 1.36. The summed E-state index contributed by atoms with van der Waals surface area (Å²) in [6.07, 6.45) is 3.72. The predicted octanol–water partition coefficient (Wildman–Crippen LogP) is 1.68. The highest BCUT2D eigenvalue weighted by molar-refractivity contribution is 14.1. The number of aromatic nitrogens is 1. The van der Waals surface area contributed by atoms with Gasteiger partial charge in [0.2, 0.25) is 5.88 Å². The van der Waals surface area contributed by atoms with Crippen molar-refractivity contribution in [1.82, 2.24) is 4.98 Å². The molecule has 0 saturated heterocycles. The lowest BCUT2D eigenvalue weighted by molar-refractivity contribution is 0.0958. The summed E-state index contributed by atoms with van der Waals surface area (Å²) in [7, 11) is 0. The van der Waals surface area contributed by atoms with Crippen molar-refractivity contribution in [3.05, 3.63) is 18.3 Å². The first-order valence-electron chi connectivity index (χ1n) is 4.45. The van der Waals surface area contributed by atoms with E-state index in [9.17, 15) is 0 Å². The van der Waals surface area contributed by atoms with Crippen LogP contribution in [0, 0.1) is 0 Å². The fourth-order valence-corrected chi connectivity index (χ4v) is 1.62. The second-order valence-corrected chi connectivity index (χ2v) is 3.82. The average molecular weight is 306 g/mol. The Morgan fingerprint density at radius 3 is 2.71 bits per heavy atom. The minimum Gasteiger partial charge on any atom is -0.474 e. The zero-order valence-corrected chi connectivity index (χ0v) is 9.68. The van der Waals surface area contributed by atoms with Gasteiger partial charge in [-0.15, -0.1) is 0 Å². The Morgan fingerprint density at radius 1 is 1.43 bits per heavy atom. The quantitative estimate of drug-likeness (QED) is 0.863. The van der Waals surface area contributed by atoms with Gasteiger partial charge in [-0.05, 0) is 18.9 Å². The van der Waals surface area contributed by atoms with Crippen LogP contribution in [0.5, 0.6) is 11.6 Å². The highest BCUT2D eigenvalue weighted by atomic mass is 127. The lowest BCUT2D eigenvalue weighted by atomic mass is 9.90. The van der Waals surface area contributed by atoms with E-state index in [0.717, 1.165) is 18.6 Å². The molecular weight excluding hydrogens is 295 g/mol. The average Bonchev–Trinajstić information content (AvgIpc) is 2.17. The van der Waals surface area contributed by atoms with Gasteiger partial charge in [-0.3, -0.25) is 0 Å². The van der Waals surface area contributed by atoms with E-state index >= 15 is 0 Å². The van der Waals surface area contributed by atoms with Gasteiger partial charge in [-0.25, -0.2) is 4.98 Å². The third kappa shape index (κ3) is 2.27. The minimum absolute atomic E-state index is 0.240. The summed E-state index contributed by atoms with van der Waals surface area (Å²) in [6.45, 7) is 0. The molecule has 76 valence electrons. The van der Waals surface area contributed by atoms with Crippen LogP contribution in [0.3, 0.4) is 0 Å². The lowest BCUT2D eigenvalue weighted by Gasteiger charge is -2.31. The van der Waals surface area contributed by atoms with E-state index in [1.165, 1.54) is 0 Å². The van der Waals surface area contributed by atoms with E-state index in [1.807, 2.05) is 29.1 Å². The van der Waals surface area contributed by atoms with E-state index < -0.39 is 0 Å². The number of halogens is 1. The lowest BCUT2D eigenvalue weighted by Crippen LogP contribution is -2.43. The van der Waals surface area contributed by atoms with Crippen molar-refractivity contribution in [2.45, 2.75) is 25.0 Å².